The van der Waals surface area contributed by atoms with Crippen LogP contribution in [-0.4, -0.2) is 12.7 Å². The molecule has 0 saturated carbocycles. The van der Waals surface area contributed by atoms with Crippen LogP contribution in [0, 0.1) is 5.92 Å². The Morgan fingerprint density at radius 1 is 1.05 bits per heavy atom. The average molecular weight is 276 g/mol. The number of hydrogen-bond acceptors (Lipinski definition) is 1. The predicted molar refractivity (Wildman–Crippen MR) is 88.2 cm³/mol. The maximum absolute atomic E-state index is 5.48. The number of methoxy groups -OCH3 is 1. The smallest absolute Gasteiger partial charge is 0.0622 e. The zero-order chi connectivity index (χ0) is 15.0. The van der Waals surface area contributed by atoms with Crippen LogP contribution in [0.2, 0.25) is 0 Å². The Bertz CT molecular complexity index is 364. The Hall–Kier alpha value is -0.820. The van der Waals surface area contributed by atoms with E-state index < -0.39 is 0 Å². The van der Waals surface area contributed by atoms with Gasteiger partial charge in [-0.25, -0.2) is 0 Å². The monoisotopic (exact) mass is 276 g/mol. The van der Waals surface area contributed by atoms with E-state index in [9.17, 15) is 0 Å². The second-order valence-electron chi connectivity index (χ2n) is 6.67. The maximum atomic E-state index is 5.48. The van der Waals surface area contributed by atoms with Gasteiger partial charge in [-0.3, -0.25) is 0 Å². The second-order valence-corrected chi connectivity index (χ2v) is 6.67. The van der Waals surface area contributed by atoms with Crippen molar-refractivity contribution in [3.05, 3.63) is 35.4 Å². The lowest BCUT2D eigenvalue weighted by Gasteiger charge is -2.24. The van der Waals surface area contributed by atoms with Crippen molar-refractivity contribution in [1.29, 1.82) is 0 Å². The van der Waals surface area contributed by atoms with Crippen LogP contribution in [0.1, 0.15) is 64.5 Å². The Morgan fingerprint density at radius 2 is 1.65 bits per heavy atom. The molecule has 0 heterocycles. The Balaban J connectivity index is 2.22. The molecule has 0 bridgehead atoms. The van der Waals surface area contributed by atoms with Crippen LogP contribution in [0.5, 0.6) is 0 Å². The van der Waals surface area contributed by atoms with E-state index in [-0.39, 0.29) is 5.60 Å². The van der Waals surface area contributed by atoms with Gasteiger partial charge in [-0.2, -0.15) is 0 Å². The minimum absolute atomic E-state index is 0.0320. The van der Waals surface area contributed by atoms with Crippen LogP contribution in [-0.2, 0) is 17.6 Å². The summed E-state index contributed by atoms with van der Waals surface area (Å²) in [6.07, 6.45) is 7.36. The molecule has 0 radical (unpaired) electrons. The summed E-state index contributed by atoms with van der Waals surface area (Å²) in [7, 11) is 1.81. The minimum Gasteiger partial charge on any atom is -0.379 e. The van der Waals surface area contributed by atoms with Crippen LogP contribution in [0.25, 0.3) is 0 Å². The first kappa shape index (κ1) is 17.2. The van der Waals surface area contributed by atoms with E-state index in [0.717, 1.165) is 18.8 Å². The molecule has 20 heavy (non-hydrogen) atoms. The predicted octanol–water partition coefficient (Wildman–Crippen LogP) is 5.41. The van der Waals surface area contributed by atoms with E-state index >= 15 is 0 Å². The lowest BCUT2D eigenvalue weighted by molar-refractivity contribution is 0.0106. The normalized spacial score (nSPS) is 13.4. The van der Waals surface area contributed by atoms with Crippen LogP contribution >= 0.6 is 0 Å². The summed E-state index contributed by atoms with van der Waals surface area (Å²) >= 11 is 0. The highest BCUT2D eigenvalue weighted by molar-refractivity contribution is 5.22. The van der Waals surface area contributed by atoms with Crippen LogP contribution in [0.3, 0.4) is 0 Å². The third-order valence-corrected chi connectivity index (χ3v) is 4.39. The molecule has 0 aliphatic carbocycles. The van der Waals surface area contributed by atoms with Gasteiger partial charge >= 0.3 is 0 Å². The highest BCUT2D eigenvalue weighted by Gasteiger charge is 2.17. The van der Waals surface area contributed by atoms with Gasteiger partial charge < -0.3 is 4.74 Å². The summed E-state index contributed by atoms with van der Waals surface area (Å²) in [6, 6.07) is 9.11. The zero-order valence-electron chi connectivity index (χ0n) is 14.0. The topological polar surface area (TPSA) is 9.23 Å². The Kier molecular flexibility index (Phi) is 7.29. The molecule has 0 amide bonds. The van der Waals surface area contributed by atoms with Gasteiger partial charge in [-0.1, -0.05) is 44.5 Å². The van der Waals surface area contributed by atoms with Crippen molar-refractivity contribution in [2.75, 3.05) is 7.11 Å². The molecule has 0 spiro atoms. The van der Waals surface area contributed by atoms with Crippen LogP contribution in [0.4, 0.5) is 0 Å². The first-order valence-electron chi connectivity index (χ1n) is 8.10. The molecule has 0 aromatic heterocycles. The molecule has 1 heteroatoms. The molecule has 1 aromatic carbocycles. The molecule has 0 fully saturated rings. The summed E-state index contributed by atoms with van der Waals surface area (Å²) < 4.78 is 5.48. The van der Waals surface area contributed by atoms with E-state index in [1.54, 1.807) is 0 Å². The molecule has 1 rings (SSSR count). The number of hydrogen-bond donors (Lipinski definition) is 0. The fourth-order valence-corrected chi connectivity index (χ4v) is 2.44. The SMILES string of the molecule is CCc1ccc(CCCC(C)CCC(C)(C)OC)cc1. The van der Waals surface area contributed by atoms with Crippen molar-refractivity contribution in [3.63, 3.8) is 0 Å². The van der Waals surface area contributed by atoms with Crippen molar-refractivity contribution >= 4 is 0 Å². The van der Waals surface area contributed by atoms with Crippen molar-refractivity contribution in [2.24, 2.45) is 5.92 Å². The van der Waals surface area contributed by atoms with E-state index in [0.29, 0.717) is 0 Å². The second kappa shape index (κ2) is 8.46. The molecular weight excluding hydrogens is 244 g/mol. The highest BCUT2D eigenvalue weighted by Crippen LogP contribution is 2.22. The largest absolute Gasteiger partial charge is 0.379 e. The van der Waals surface area contributed by atoms with E-state index in [4.69, 9.17) is 4.74 Å². The number of benzene rings is 1. The third kappa shape index (κ3) is 6.56. The lowest BCUT2D eigenvalue weighted by Crippen LogP contribution is -2.23. The fraction of sp³-hybridized carbons (Fsp3) is 0.684. The molecule has 1 atom stereocenters. The first-order chi connectivity index (χ1) is 9.46. The molecule has 1 nitrogen and oxygen atoms in total. The van der Waals surface area contributed by atoms with Crippen molar-refractivity contribution in [1.82, 2.24) is 0 Å². The van der Waals surface area contributed by atoms with Crippen molar-refractivity contribution in [3.8, 4) is 0 Å². The molecule has 0 N–H and O–H groups in total. The van der Waals surface area contributed by atoms with E-state index in [2.05, 4.69) is 52.0 Å². The van der Waals surface area contributed by atoms with Gasteiger partial charge in [0.05, 0.1) is 5.60 Å². The van der Waals surface area contributed by atoms with Crippen molar-refractivity contribution in [2.45, 2.75) is 71.8 Å². The van der Waals surface area contributed by atoms with Gasteiger partial charge in [-0.15, -0.1) is 0 Å². The average Bonchev–Trinajstić information content (AvgIpc) is 2.46. The lowest BCUT2D eigenvalue weighted by atomic mass is 9.92. The van der Waals surface area contributed by atoms with E-state index in [1.165, 1.54) is 36.8 Å². The molecule has 0 saturated heterocycles. The van der Waals surface area contributed by atoms with Gasteiger partial charge in [-0.05, 0) is 63.0 Å². The number of aryl methyl sites for hydroxylation is 2. The van der Waals surface area contributed by atoms with Gasteiger partial charge in [0, 0.05) is 7.11 Å². The standard InChI is InChI=1S/C19H32O/c1-6-17-10-12-18(13-11-17)9-7-8-16(2)14-15-19(3,4)20-5/h10-13,16H,6-9,14-15H2,1-5H3. The van der Waals surface area contributed by atoms with Crippen LogP contribution < -0.4 is 0 Å². The molecular formula is C19H32O. The van der Waals surface area contributed by atoms with Gasteiger partial charge in [0.1, 0.15) is 0 Å². The zero-order valence-corrected chi connectivity index (χ0v) is 14.0. The van der Waals surface area contributed by atoms with Gasteiger partial charge in [0.25, 0.3) is 0 Å². The molecule has 114 valence electrons. The number of rotatable bonds is 9. The third-order valence-electron chi connectivity index (χ3n) is 4.39. The molecule has 0 aliphatic heterocycles. The Morgan fingerprint density at radius 3 is 2.20 bits per heavy atom. The highest BCUT2D eigenvalue weighted by atomic mass is 16.5. The summed E-state index contributed by atoms with van der Waals surface area (Å²) in [5.74, 6) is 0.791. The quantitative estimate of drug-likeness (QED) is 0.585. The first-order valence-corrected chi connectivity index (χ1v) is 8.10. The molecule has 1 aromatic rings. The fourth-order valence-electron chi connectivity index (χ4n) is 2.44. The van der Waals surface area contributed by atoms with Gasteiger partial charge in [0.15, 0.2) is 0 Å². The molecule has 1 unspecified atom stereocenters. The summed E-state index contributed by atoms with van der Waals surface area (Å²) in [4.78, 5) is 0. The summed E-state index contributed by atoms with van der Waals surface area (Å²) in [5, 5.41) is 0. The molecule has 0 aliphatic rings. The van der Waals surface area contributed by atoms with Crippen LogP contribution in [0.15, 0.2) is 24.3 Å². The minimum atomic E-state index is 0.0320. The van der Waals surface area contributed by atoms with Gasteiger partial charge in [0.2, 0.25) is 0 Å². The number of ether oxygens (including phenoxy) is 1. The maximum Gasteiger partial charge on any atom is 0.0622 e. The van der Waals surface area contributed by atoms with E-state index in [1.807, 2.05) is 7.11 Å². The van der Waals surface area contributed by atoms with Crippen molar-refractivity contribution < 1.29 is 4.74 Å². The summed E-state index contributed by atoms with van der Waals surface area (Å²) in [6.45, 7) is 8.92. The Labute approximate surface area is 125 Å². The summed E-state index contributed by atoms with van der Waals surface area (Å²) in [5.41, 5.74) is 2.94.